The van der Waals surface area contributed by atoms with Crippen LogP contribution in [0.4, 0.5) is 0 Å². The molecule has 1 aromatic heterocycles. The lowest BCUT2D eigenvalue weighted by Gasteiger charge is -2.24. The quantitative estimate of drug-likeness (QED) is 0.238. The van der Waals surface area contributed by atoms with E-state index < -0.39 is 0 Å². The minimum absolute atomic E-state index is 0.270. The lowest BCUT2D eigenvalue weighted by atomic mass is 9.98. The lowest BCUT2D eigenvalue weighted by Crippen LogP contribution is -2.33. The van der Waals surface area contributed by atoms with Crippen molar-refractivity contribution in [2.75, 3.05) is 0 Å². The van der Waals surface area contributed by atoms with Crippen LogP contribution in [0, 0.1) is 0 Å². The van der Waals surface area contributed by atoms with Crippen molar-refractivity contribution in [3.05, 3.63) is 144 Å². The summed E-state index contributed by atoms with van der Waals surface area (Å²) in [6.07, 6.45) is -0.270. The number of aliphatic imine (C=N–C) groups is 2. The topological polar surface area (TPSA) is 36.8 Å². The van der Waals surface area contributed by atoms with Crippen molar-refractivity contribution in [1.29, 1.82) is 0 Å². The molecule has 1 N–H and O–H groups in total. The molecule has 0 radical (unpaired) electrons. The highest BCUT2D eigenvalue weighted by atomic mass is 32.1. The highest BCUT2D eigenvalue weighted by molar-refractivity contribution is 7.26. The number of hydrogen-bond donors (Lipinski definition) is 1. The molecular formula is C37H23N3S. The predicted octanol–water partition coefficient (Wildman–Crippen LogP) is 9.35. The van der Waals surface area contributed by atoms with Crippen molar-refractivity contribution in [1.82, 2.24) is 5.32 Å². The highest BCUT2D eigenvalue weighted by Crippen LogP contribution is 2.53. The van der Waals surface area contributed by atoms with E-state index in [1.807, 2.05) is 35.6 Å². The van der Waals surface area contributed by atoms with E-state index in [4.69, 9.17) is 9.98 Å². The molecule has 6 aromatic carbocycles. The zero-order chi connectivity index (χ0) is 26.9. The monoisotopic (exact) mass is 541 g/mol. The zero-order valence-corrected chi connectivity index (χ0v) is 22.8. The van der Waals surface area contributed by atoms with Crippen LogP contribution in [-0.4, -0.2) is 11.7 Å². The number of nitrogens with one attached hydrogen (secondary N) is 1. The van der Waals surface area contributed by atoms with Gasteiger partial charge < -0.3 is 5.32 Å². The average Bonchev–Trinajstić information content (AvgIpc) is 3.59. The van der Waals surface area contributed by atoms with Crippen LogP contribution in [0.15, 0.2) is 137 Å². The molecule has 1 atom stereocenters. The number of amidine groups is 2. The first kappa shape index (κ1) is 22.7. The van der Waals surface area contributed by atoms with E-state index in [1.165, 1.54) is 58.8 Å². The van der Waals surface area contributed by atoms with Crippen molar-refractivity contribution in [3.8, 4) is 22.3 Å². The maximum Gasteiger partial charge on any atom is 0.159 e. The molecule has 0 saturated carbocycles. The molecule has 1 aliphatic heterocycles. The SMILES string of the molecule is c1ccc(C2=NC(c3cccc4sc5c6c(ccc5c34)-c3cccc4cccc-6c34)NC(c3ccccc3)=N2)cc1. The van der Waals surface area contributed by atoms with Crippen LogP contribution >= 0.6 is 11.3 Å². The van der Waals surface area contributed by atoms with Gasteiger partial charge in [0.1, 0.15) is 12.0 Å². The summed E-state index contributed by atoms with van der Waals surface area (Å²) in [6.45, 7) is 0. The molecule has 41 heavy (non-hydrogen) atoms. The van der Waals surface area contributed by atoms with Gasteiger partial charge in [-0.3, -0.25) is 0 Å². The van der Waals surface area contributed by atoms with Gasteiger partial charge in [0, 0.05) is 42.4 Å². The molecule has 1 aliphatic carbocycles. The summed E-state index contributed by atoms with van der Waals surface area (Å²) in [7, 11) is 0. The maximum atomic E-state index is 5.19. The fourth-order valence-electron chi connectivity index (χ4n) is 6.48. The summed E-state index contributed by atoms with van der Waals surface area (Å²) in [5.74, 6) is 1.58. The van der Waals surface area contributed by atoms with Crippen LogP contribution in [0.3, 0.4) is 0 Å². The standard InChI is InChI=1S/C37H23N3S/c1-3-10-23(11-4-1)35-38-36(24-12-5-2-6-13-24)40-37(39-35)29-18-9-19-30-32(29)28-21-20-26-25-16-7-14-22-15-8-17-27(31(22)25)33(26)34(28)41-30/h1-21,37H,(H,38,39,40). The second kappa shape index (κ2) is 8.72. The number of rotatable bonds is 3. The van der Waals surface area contributed by atoms with Crippen molar-refractivity contribution >= 4 is 54.0 Å². The molecule has 0 fully saturated rings. The Hall–Kier alpha value is -5.06. The predicted molar refractivity (Wildman–Crippen MR) is 173 cm³/mol. The van der Waals surface area contributed by atoms with Crippen molar-refractivity contribution in [3.63, 3.8) is 0 Å². The minimum Gasteiger partial charge on any atom is -0.344 e. The molecule has 192 valence electrons. The second-order valence-electron chi connectivity index (χ2n) is 10.6. The summed E-state index contributed by atoms with van der Waals surface area (Å²) >= 11 is 1.89. The van der Waals surface area contributed by atoms with E-state index in [-0.39, 0.29) is 6.17 Å². The zero-order valence-electron chi connectivity index (χ0n) is 22.0. The van der Waals surface area contributed by atoms with Gasteiger partial charge in [0.05, 0.1) is 0 Å². The van der Waals surface area contributed by atoms with Crippen LogP contribution < -0.4 is 5.32 Å². The Morgan fingerprint density at radius 2 is 1.32 bits per heavy atom. The normalized spacial score (nSPS) is 15.6. The first-order chi connectivity index (χ1) is 20.3. The Morgan fingerprint density at radius 3 is 2.12 bits per heavy atom. The first-order valence-corrected chi connectivity index (χ1v) is 14.7. The summed E-state index contributed by atoms with van der Waals surface area (Å²) < 4.78 is 2.62. The van der Waals surface area contributed by atoms with E-state index >= 15 is 0 Å². The van der Waals surface area contributed by atoms with Gasteiger partial charge in [-0.15, -0.1) is 11.3 Å². The van der Waals surface area contributed by atoms with E-state index in [1.54, 1.807) is 0 Å². The molecule has 2 aliphatic rings. The highest BCUT2D eigenvalue weighted by Gasteiger charge is 2.27. The van der Waals surface area contributed by atoms with Gasteiger partial charge in [-0.05, 0) is 33.5 Å². The van der Waals surface area contributed by atoms with Gasteiger partial charge >= 0.3 is 0 Å². The molecule has 3 nitrogen and oxygen atoms in total. The third-order valence-electron chi connectivity index (χ3n) is 8.28. The molecule has 9 rings (SSSR count). The molecule has 0 saturated heterocycles. The Bertz CT molecular complexity index is 2220. The molecular weight excluding hydrogens is 518 g/mol. The number of thiophene rings is 1. The molecule has 0 bridgehead atoms. The Kier molecular flexibility index (Phi) is 4.83. The van der Waals surface area contributed by atoms with Gasteiger partial charge in [0.25, 0.3) is 0 Å². The van der Waals surface area contributed by atoms with Crippen LogP contribution in [0.1, 0.15) is 22.9 Å². The first-order valence-electron chi connectivity index (χ1n) is 13.9. The molecule has 1 unspecified atom stereocenters. The Labute approximate surface area is 241 Å². The second-order valence-corrected chi connectivity index (χ2v) is 11.6. The van der Waals surface area contributed by atoms with Crippen LogP contribution in [0.25, 0.3) is 53.2 Å². The fourth-order valence-corrected chi connectivity index (χ4v) is 7.78. The molecule has 0 amide bonds. The van der Waals surface area contributed by atoms with Gasteiger partial charge in [-0.1, -0.05) is 121 Å². The van der Waals surface area contributed by atoms with Crippen molar-refractivity contribution in [2.24, 2.45) is 9.98 Å². The molecule has 4 heteroatoms. The summed E-state index contributed by atoms with van der Waals surface area (Å²) in [5.41, 5.74) is 8.59. The van der Waals surface area contributed by atoms with Gasteiger partial charge in [-0.25, -0.2) is 9.98 Å². The number of fused-ring (bicyclic) bond motifs is 7. The van der Waals surface area contributed by atoms with Gasteiger partial charge in [-0.2, -0.15) is 0 Å². The van der Waals surface area contributed by atoms with Crippen molar-refractivity contribution < 1.29 is 0 Å². The third kappa shape index (κ3) is 3.38. The largest absolute Gasteiger partial charge is 0.344 e. The Morgan fingerprint density at radius 1 is 0.585 bits per heavy atom. The van der Waals surface area contributed by atoms with Gasteiger partial charge in [0.15, 0.2) is 5.84 Å². The third-order valence-corrected chi connectivity index (χ3v) is 9.47. The summed E-state index contributed by atoms with van der Waals surface area (Å²) in [6, 6.07) is 45.2. The van der Waals surface area contributed by atoms with E-state index in [0.717, 1.165) is 22.8 Å². The lowest BCUT2D eigenvalue weighted by molar-refractivity contribution is 0.680. The minimum atomic E-state index is -0.270. The van der Waals surface area contributed by atoms with Gasteiger partial charge in [0.2, 0.25) is 0 Å². The van der Waals surface area contributed by atoms with Crippen LogP contribution in [-0.2, 0) is 0 Å². The van der Waals surface area contributed by atoms with Crippen molar-refractivity contribution in [2.45, 2.75) is 6.17 Å². The maximum absolute atomic E-state index is 5.19. The van der Waals surface area contributed by atoms with E-state index in [9.17, 15) is 0 Å². The van der Waals surface area contributed by atoms with Crippen LogP contribution in [0.2, 0.25) is 0 Å². The Balaban J connectivity index is 1.27. The molecule has 2 heterocycles. The van der Waals surface area contributed by atoms with E-state index in [2.05, 4.69) is 108 Å². The summed E-state index contributed by atoms with van der Waals surface area (Å²) in [5, 5.41) is 8.90. The number of hydrogen-bond acceptors (Lipinski definition) is 4. The van der Waals surface area contributed by atoms with Crippen LogP contribution in [0.5, 0.6) is 0 Å². The smallest absolute Gasteiger partial charge is 0.159 e. The number of nitrogens with zero attached hydrogens (tertiary/aromatic N) is 2. The molecule has 7 aromatic rings. The molecule has 0 spiro atoms. The number of benzene rings is 6. The summed E-state index contributed by atoms with van der Waals surface area (Å²) in [4.78, 5) is 10.2. The average molecular weight is 542 g/mol. The van der Waals surface area contributed by atoms with E-state index in [0.29, 0.717) is 0 Å². The fraction of sp³-hybridized carbons (Fsp3) is 0.0270.